The van der Waals surface area contributed by atoms with E-state index in [-0.39, 0.29) is 0 Å². The number of para-hydroxylation sites is 2. The maximum atomic E-state index is 5.87. The smallest absolute Gasteiger partial charge is 0.161 e. The van der Waals surface area contributed by atoms with Crippen molar-refractivity contribution in [2.75, 3.05) is 0 Å². The molecule has 0 aromatic heterocycles. The van der Waals surface area contributed by atoms with Gasteiger partial charge >= 0.3 is 0 Å². The zero-order valence-electron chi connectivity index (χ0n) is 8.31. The highest BCUT2D eigenvalue weighted by molar-refractivity contribution is 6.54. The van der Waals surface area contributed by atoms with Crippen molar-refractivity contribution < 1.29 is 4.74 Å². The fraction of sp³-hybridized carbons (Fsp3) is 0.0769. The fourth-order valence-corrected chi connectivity index (χ4v) is 1.85. The van der Waals surface area contributed by atoms with Crippen molar-refractivity contribution >= 4 is 12.7 Å². The highest BCUT2D eigenvalue weighted by Gasteiger charge is 2.13. The predicted octanol–water partition coefficient (Wildman–Crippen LogP) is 2.32. The van der Waals surface area contributed by atoms with Crippen LogP contribution in [0.5, 0.6) is 11.5 Å². The van der Waals surface area contributed by atoms with Gasteiger partial charge in [-0.25, -0.2) is 0 Å². The van der Waals surface area contributed by atoms with E-state index in [0.717, 1.165) is 17.8 Å². The molecule has 1 aliphatic rings. The van der Waals surface area contributed by atoms with Crippen molar-refractivity contribution in [2.45, 2.75) is 6.32 Å². The van der Waals surface area contributed by atoms with E-state index in [1.165, 1.54) is 11.0 Å². The number of hydrogen-bond donors (Lipinski definition) is 0. The molecule has 0 saturated heterocycles. The molecule has 1 aliphatic heterocycles. The summed E-state index contributed by atoms with van der Waals surface area (Å²) in [6.45, 7) is 0. The van der Waals surface area contributed by atoms with Crippen molar-refractivity contribution in [2.24, 2.45) is 0 Å². The van der Waals surface area contributed by atoms with Crippen molar-refractivity contribution in [1.82, 2.24) is 0 Å². The van der Waals surface area contributed by atoms with Crippen molar-refractivity contribution in [3.05, 3.63) is 54.1 Å². The summed E-state index contributed by atoms with van der Waals surface area (Å²) in [6.07, 6.45) is 0.938. The Bertz CT molecular complexity index is 448. The minimum Gasteiger partial charge on any atom is -0.458 e. The molecule has 0 bridgehead atoms. The van der Waals surface area contributed by atoms with Crippen molar-refractivity contribution in [3.63, 3.8) is 0 Å². The normalized spacial score (nSPS) is 12.8. The molecule has 0 amide bonds. The largest absolute Gasteiger partial charge is 0.458 e. The molecule has 15 heavy (non-hydrogen) atoms. The van der Waals surface area contributed by atoms with Crippen LogP contribution in [0.25, 0.3) is 0 Å². The minimum atomic E-state index is 0.938. The molecular weight excluding hydrogens is 183 g/mol. The van der Waals surface area contributed by atoms with E-state index in [1.54, 1.807) is 0 Å². The van der Waals surface area contributed by atoms with Crippen LogP contribution in [-0.4, -0.2) is 7.28 Å². The second-order valence-electron chi connectivity index (χ2n) is 3.66. The molecule has 0 atom stereocenters. The SMILES string of the molecule is [B]1Cc2ccccc2Oc2ccccc21. The van der Waals surface area contributed by atoms with E-state index >= 15 is 0 Å². The zero-order chi connectivity index (χ0) is 10.1. The van der Waals surface area contributed by atoms with Gasteiger partial charge in [-0.1, -0.05) is 36.4 Å². The Balaban J connectivity index is 2.10. The van der Waals surface area contributed by atoms with Gasteiger partial charge < -0.3 is 4.74 Å². The third-order valence-electron chi connectivity index (χ3n) is 2.65. The second-order valence-corrected chi connectivity index (χ2v) is 3.66. The van der Waals surface area contributed by atoms with E-state index in [9.17, 15) is 0 Å². The zero-order valence-corrected chi connectivity index (χ0v) is 8.31. The highest BCUT2D eigenvalue weighted by Crippen LogP contribution is 2.26. The highest BCUT2D eigenvalue weighted by atomic mass is 16.5. The van der Waals surface area contributed by atoms with Gasteiger partial charge in [-0.05, 0) is 29.5 Å². The van der Waals surface area contributed by atoms with Gasteiger partial charge in [0.15, 0.2) is 7.28 Å². The Kier molecular flexibility index (Phi) is 1.99. The van der Waals surface area contributed by atoms with Gasteiger partial charge in [0.1, 0.15) is 11.5 Å². The maximum Gasteiger partial charge on any atom is 0.161 e. The third-order valence-corrected chi connectivity index (χ3v) is 2.65. The van der Waals surface area contributed by atoms with Crippen LogP contribution >= 0.6 is 0 Å². The third kappa shape index (κ3) is 1.52. The molecule has 3 rings (SSSR count). The second kappa shape index (κ2) is 3.46. The number of rotatable bonds is 0. The van der Waals surface area contributed by atoms with Crippen molar-refractivity contribution in [1.29, 1.82) is 0 Å². The van der Waals surface area contributed by atoms with Gasteiger partial charge in [0, 0.05) is 0 Å². The topological polar surface area (TPSA) is 9.23 Å². The van der Waals surface area contributed by atoms with Crippen LogP contribution in [0.4, 0.5) is 0 Å². The van der Waals surface area contributed by atoms with Crippen LogP contribution < -0.4 is 10.2 Å². The lowest BCUT2D eigenvalue weighted by Crippen LogP contribution is -2.15. The number of benzene rings is 2. The number of ether oxygens (including phenoxy) is 1. The van der Waals surface area contributed by atoms with Crippen LogP contribution in [0.1, 0.15) is 5.56 Å². The van der Waals surface area contributed by atoms with Crippen molar-refractivity contribution in [3.8, 4) is 11.5 Å². The molecule has 2 aromatic rings. The summed E-state index contributed by atoms with van der Waals surface area (Å²) in [5.74, 6) is 1.92. The molecular formula is C13H10BO. The lowest BCUT2D eigenvalue weighted by atomic mass is 9.65. The minimum absolute atomic E-state index is 0.938. The van der Waals surface area contributed by atoms with Crippen LogP contribution in [0.3, 0.4) is 0 Å². The summed E-state index contributed by atoms with van der Waals surface area (Å²) in [6, 6.07) is 16.3. The molecule has 0 unspecified atom stereocenters. The summed E-state index contributed by atoms with van der Waals surface area (Å²) in [5.41, 5.74) is 2.42. The Labute approximate surface area is 89.9 Å². The van der Waals surface area contributed by atoms with Gasteiger partial charge in [-0.15, -0.1) is 0 Å². The van der Waals surface area contributed by atoms with E-state index in [0.29, 0.717) is 0 Å². The van der Waals surface area contributed by atoms with Gasteiger partial charge in [0.25, 0.3) is 0 Å². The average molecular weight is 193 g/mol. The van der Waals surface area contributed by atoms with Gasteiger partial charge in [0.05, 0.1) is 0 Å². The number of hydrogen-bond acceptors (Lipinski definition) is 1. The lowest BCUT2D eigenvalue weighted by molar-refractivity contribution is 0.484. The number of fused-ring (bicyclic) bond motifs is 2. The molecule has 71 valence electrons. The molecule has 1 heterocycles. The Morgan fingerprint density at radius 2 is 1.60 bits per heavy atom. The monoisotopic (exact) mass is 193 g/mol. The molecule has 0 saturated carbocycles. The van der Waals surface area contributed by atoms with Gasteiger partial charge in [0.2, 0.25) is 0 Å². The maximum absolute atomic E-state index is 5.87. The molecule has 1 radical (unpaired) electrons. The first-order valence-electron chi connectivity index (χ1n) is 5.11. The van der Waals surface area contributed by atoms with E-state index in [4.69, 9.17) is 4.74 Å². The molecule has 2 heteroatoms. The Hall–Kier alpha value is -1.70. The molecule has 0 fully saturated rings. The summed E-state index contributed by atoms with van der Waals surface area (Å²) in [5, 5.41) is 0. The predicted molar refractivity (Wildman–Crippen MR) is 62.1 cm³/mol. The summed E-state index contributed by atoms with van der Waals surface area (Å²) < 4.78 is 5.87. The van der Waals surface area contributed by atoms with E-state index in [2.05, 4.69) is 19.4 Å². The quantitative estimate of drug-likeness (QED) is 0.583. The summed E-state index contributed by atoms with van der Waals surface area (Å²) in [4.78, 5) is 0. The molecule has 0 aliphatic carbocycles. The van der Waals surface area contributed by atoms with E-state index < -0.39 is 0 Å². The standard InChI is InChI=1S/C13H10BO/c1-3-7-12-10(5-1)9-14-11-6-2-4-8-13(11)15-12/h1-8H,9H2. The molecule has 0 N–H and O–H groups in total. The van der Waals surface area contributed by atoms with Gasteiger partial charge in [-0.2, -0.15) is 0 Å². The summed E-state index contributed by atoms with van der Waals surface area (Å²) >= 11 is 0. The lowest BCUT2D eigenvalue weighted by Gasteiger charge is -2.07. The van der Waals surface area contributed by atoms with E-state index in [1.807, 2.05) is 36.4 Å². The first-order chi connectivity index (χ1) is 7.43. The first kappa shape index (κ1) is 8.60. The van der Waals surface area contributed by atoms with Crippen LogP contribution in [-0.2, 0) is 6.32 Å². The Morgan fingerprint density at radius 3 is 2.53 bits per heavy atom. The van der Waals surface area contributed by atoms with Crippen LogP contribution in [0.15, 0.2) is 48.5 Å². The van der Waals surface area contributed by atoms with Gasteiger partial charge in [-0.3, -0.25) is 0 Å². The molecule has 1 nitrogen and oxygen atoms in total. The summed E-state index contributed by atoms with van der Waals surface area (Å²) in [7, 11) is 2.21. The first-order valence-corrected chi connectivity index (χ1v) is 5.11. The Morgan fingerprint density at radius 1 is 0.867 bits per heavy atom. The fourth-order valence-electron chi connectivity index (χ4n) is 1.85. The van der Waals surface area contributed by atoms with Crippen LogP contribution in [0, 0.1) is 0 Å². The molecule has 2 aromatic carbocycles. The van der Waals surface area contributed by atoms with Crippen LogP contribution in [0.2, 0.25) is 0 Å². The average Bonchev–Trinajstić information content (AvgIpc) is 2.48. The molecule has 0 spiro atoms.